The van der Waals surface area contributed by atoms with Gasteiger partial charge in [-0.05, 0) is 32.2 Å². The molecule has 0 radical (unpaired) electrons. The maximum Gasteiger partial charge on any atom is 0.183 e. The van der Waals surface area contributed by atoms with Crippen molar-refractivity contribution in [1.82, 2.24) is 5.32 Å². The summed E-state index contributed by atoms with van der Waals surface area (Å²) in [6.07, 6.45) is 3.84. The number of benzene rings is 1. The van der Waals surface area contributed by atoms with Crippen molar-refractivity contribution in [2.24, 2.45) is 4.99 Å². The van der Waals surface area contributed by atoms with Crippen LogP contribution in [-0.2, 0) is 0 Å². The minimum absolute atomic E-state index is 0.131. The number of hydrogen-bond donors (Lipinski definition) is 1. The van der Waals surface area contributed by atoms with Crippen LogP contribution in [0, 0.1) is 11.5 Å². The second kappa shape index (κ2) is 6.81. The molecule has 0 amide bonds. The van der Waals surface area contributed by atoms with E-state index >= 15 is 0 Å². The molecule has 0 atom stereocenters. The first kappa shape index (κ1) is 13.4. The molecule has 0 fully saturated rings. The zero-order valence-corrected chi connectivity index (χ0v) is 10.9. The van der Waals surface area contributed by atoms with Crippen LogP contribution in [-0.4, -0.2) is 17.5 Å². The molecule has 0 aliphatic carbocycles. The molecule has 1 N–H and O–H groups in total. The molecule has 90 valence electrons. The molecule has 0 saturated heterocycles. The third-order valence-electron chi connectivity index (χ3n) is 1.78. The second-order valence-corrected chi connectivity index (χ2v) is 4.32. The summed E-state index contributed by atoms with van der Waals surface area (Å²) in [6.45, 7) is 3.95. The van der Waals surface area contributed by atoms with E-state index in [9.17, 15) is 0 Å². The van der Waals surface area contributed by atoms with Gasteiger partial charge in [0.1, 0.15) is 5.75 Å². The number of hydrogen-bond acceptors (Lipinski definition) is 4. The van der Waals surface area contributed by atoms with Gasteiger partial charge in [0.05, 0.1) is 11.8 Å². The van der Waals surface area contributed by atoms with Crippen molar-refractivity contribution in [3.8, 4) is 11.9 Å². The minimum atomic E-state index is 0.131. The first-order valence-corrected chi connectivity index (χ1v) is 6.42. The number of thioether (sulfide) groups is 1. The predicted octanol–water partition coefficient (Wildman–Crippen LogP) is 2.89. The monoisotopic (exact) mass is 249 g/mol. The quantitative estimate of drug-likeness (QED) is 0.387. The Bertz CT molecular complexity index is 438. The summed E-state index contributed by atoms with van der Waals surface area (Å²) in [5.74, 6) is 0.777. The molecule has 0 bridgehead atoms. The van der Waals surface area contributed by atoms with Crippen LogP contribution in [0.1, 0.15) is 13.8 Å². The highest BCUT2D eigenvalue weighted by atomic mass is 32.2. The van der Waals surface area contributed by atoms with E-state index in [2.05, 4.69) is 10.3 Å². The van der Waals surface area contributed by atoms with E-state index in [0.717, 1.165) is 11.4 Å². The Hall–Kier alpha value is -1.67. The second-order valence-electron chi connectivity index (χ2n) is 3.52. The van der Waals surface area contributed by atoms with E-state index in [0.29, 0.717) is 5.17 Å². The van der Waals surface area contributed by atoms with E-state index in [4.69, 9.17) is 10.00 Å². The molecule has 0 saturated carbocycles. The van der Waals surface area contributed by atoms with Gasteiger partial charge in [-0.15, -0.1) is 0 Å². The maximum atomic E-state index is 8.54. The molecule has 0 aliphatic rings. The Balaban J connectivity index is 2.88. The van der Waals surface area contributed by atoms with Crippen molar-refractivity contribution < 1.29 is 4.74 Å². The highest BCUT2D eigenvalue weighted by Gasteiger charge is 2.00. The van der Waals surface area contributed by atoms with Crippen LogP contribution in [0.15, 0.2) is 29.3 Å². The van der Waals surface area contributed by atoms with Gasteiger partial charge < -0.3 is 4.74 Å². The molecular formula is C12H15N3OS. The molecule has 1 aromatic carbocycles. The van der Waals surface area contributed by atoms with Gasteiger partial charge in [-0.3, -0.25) is 5.32 Å². The van der Waals surface area contributed by atoms with Crippen LogP contribution in [0.3, 0.4) is 0 Å². The number of nitriles is 1. The molecular weight excluding hydrogens is 234 g/mol. The summed E-state index contributed by atoms with van der Waals surface area (Å²) in [5, 5.41) is 11.6. The summed E-state index contributed by atoms with van der Waals surface area (Å²) in [7, 11) is 0. The highest BCUT2D eigenvalue weighted by Crippen LogP contribution is 2.21. The van der Waals surface area contributed by atoms with Gasteiger partial charge in [0.2, 0.25) is 0 Å². The number of nitrogens with zero attached hydrogens (tertiary/aromatic N) is 2. The summed E-state index contributed by atoms with van der Waals surface area (Å²) < 4.78 is 5.57. The standard InChI is InChI=1S/C12H15N3OS/c1-9(2)16-11-6-4-5-10(7-11)15-12(17-3)14-8-13/h4-7,9H,1-3H3,(H,14,15). The van der Waals surface area contributed by atoms with Crippen LogP contribution in [0.4, 0.5) is 5.69 Å². The Labute approximate surface area is 106 Å². The summed E-state index contributed by atoms with van der Waals surface area (Å²) in [4.78, 5) is 4.30. The van der Waals surface area contributed by atoms with Gasteiger partial charge in [0.15, 0.2) is 11.4 Å². The number of aliphatic imine (C=N–C) groups is 1. The lowest BCUT2D eigenvalue weighted by molar-refractivity contribution is 0.242. The number of amidine groups is 1. The molecule has 5 heteroatoms. The zero-order valence-electron chi connectivity index (χ0n) is 10.1. The average Bonchev–Trinajstić information content (AvgIpc) is 2.28. The number of rotatable bonds is 3. The van der Waals surface area contributed by atoms with E-state index in [1.54, 1.807) is 0 Å². The van der Waals surface area contributed by atoms with Gasteiger partial charge in [-0.25, -0.2) is 4.99 Å². The molecule has 1 aromatic rings. The van der Waals surface area contributed by atoms with Crippen LogP contribution in [0.2, 0.25) is 0 Å². The fraction of sp³-hybridized carbons (Fsp3) is 0.333. The third-order valence-corrected chi connectivity index (χ3v) is 2.36. The normalized spacial score (nSPS) is 11.1. The van der Waals surface area contributed by atoms with Crippen molar-refractivity contribution in [2.45, 2.75) is 20.0 Å². The lowest BCUT2D eigenvalue weighted by Gasteiger charge is -2.09. The lowest BCUT2D eigenvalue weighted by Crippen LogP contribution is -2.12. The van der Waals surface area contributed by atoms with Gasteiger partial charge in [0.25, 0.3) is 0 Å². The van der Waals surface area contributed by atoms with Crippen molar-refractivity contribution in [3.05, 3.63) is 24.3 Å². The lowest BCUT2D eigenvalue weighted by atomic mass is 10.3. The Morgan fingerprint density at radius 3 is 2.88 bits per heavy atom. The topological polar surface area (TPSA) is 57.4 Å². The summed E-state index contributed by atoms with van der Waals surface area (Å²) in [5.41, 5.74) is 0.759. The van der Waals surface area contributed by atoms with E-state index in [1.165, 1.54) is 11.8 Å². The first-order valence-electron chi connectivity index (χ1n) is 5.20. The SMILES string of the molecule is CSC(=Nc1cccc(OC(C)C)c1)NC#N. The van der Waals surface area contributed by atoms with Gasteiger partial charge in [0, 0.05) is 6.07 Å². The van der Waals surface area contributed by atoms with Crippen molar-refractivity contribution in [1.29, 1.82) is 5.26 Å². The van der Waals surface area contributed by atoms with E-state index in [-0.39, 0.29) is 6.10 Å². The van der Waals surface area contributed by atoms with E-state index < -0.39 is 0 Å². The van der Waals surface area contributed by atoms with Crippen molar-refractivity contribution in [3.63, 3.8) is 0 Å². The molecule has 0 spiro atoms. The zero-order chi connectivity index (χ0) is 12.7. The van der Waals surface area contributed by atoms with E-state index in [1.807, 2.05) is 50.6 Å². The van der Waals surface area contributed by atoms with Gasteiger partial charge in [-0.2, -0.15) is 5.26 Å². The fourth-order valence-electron chi connectivity index (χ4n) is 1.19. The maximum absolute atomic E-state index is 8.54. The van der Waals surface area contributed by atoms with Crippen molar-refractivity contribution >= 4 is 22.6 Å². The molecule has 4 nitrogen and oxygen atoms in total. The molecule has 17 heavy (non-hydrogen) atoms. The molecule has 0 aromatic heterocycles. The highest BCUT2D eigenvalue weighted by molar-refractivity contribution is 8.13. The van der Waals surface area contributed by atoms with Crippen LogP contribution < -0.4 is 10.1 Å². The molecule has 0 aliphatic heterocycles. The molecule has 0 heterocycles. The largest absolute Gasteiger partial charge is 0.491 e. The Morgan fingerprint density at radius 1 is 1.53 bits per heavy atom. The molecule has 0 unspecified atom stereocenters. The average molecular weight is 249 g/mol. The van der Waals surface area contributed by atoms with Crippen LogP contribution in [0.25, 0.3) is 0 Å². The smallest absolute Gasteiger partial charge is 0.183 e. The van der Waals surface area contributed by atoms with Crippen LogP contribution >= 0.6 is 11.8 Å². The minimum Gasteiger partial charge on any atom is -0.491 e. The van der Waals surface area contributed by atoms with Crippen LogP contribution in [0.5, 0.6) is 5.75 Å². The predicted molar refractivity (Wildman–Crippen MR) is 71.6 cm³/mol. The third kappa shape index (κ3) is 4.79. The van der Waals surface area contributed by atoms with Crippen molar-refractivity contribution in [2.75, 3.05) is 6.26 Å². The van der Waals surface area contributed by atoms with Gasteiger partial charge >= 0.3 is 0 Å². The Kier molecular flexibility index (Phi) is 5.37. The summed E-state index contributed by atoms with van der Waals surface area (Å²) >= 11 is 1.38. The first-order chi connectivity index (χ1) is 8.15. The van der Waals surface area contributed by atoms with Gasteiger partial charge in [-0.1, -0.05) is 17.8 Å². The fourth-order valence-corrected chi connectivity index (χ4v) is 1.53. The summed E-state index contributed by atoms with van der Waals surface area (Å²) in [6, 6.07) is 7.47. The number of ether oxygens (including phenoxy) is 1. The number of nitrogens with one attached hydrogen (secondary N) is 1. The molecule has 1 rings (SSSR count). The Morgan fingerprint density at radius 2 is 2.29 bits per heavy atom.